The molecule has 2 rings (SSSR count). The van der Waals surface area contributed by atoms with E-state index in [-0.39, 0.29) is 12.1 Å². The number of ether oxygens (including phenoxy) is 1. The fourth-order valence-corrected chi connectivity index (χ4v) is 2.37. The number of fused-ring (bicyclic) bond motifs is 1. The number of aromatic nitrogens is 2. The van der Waals surface area contributed by atoms with Crippen LogP contribution in [0.25, 0.3) is 11.0 Å². The highest BCUT2D eigenvalue weighted by Crippen LogP contribution is 2.25. The fourth-order valence-electron chi connectivity index (χ4n) is 2.37. The molecule has 0 aliphatic heterocycles. The molecule has 2 aromatic rings. The molecule has 0 spiro atoms. The standard InChI is InChI=1S/C16H25N3O/c1-5-6-9-19-15-8-7-13(20-11(2)3)10-14(15)18-16(19)12(4)17/h7-8,10-12H,5-6,9,17H2,1-4H3. The molecule has 1 atom stereocenters. The number of nitrogens with two attached hydrogens (primary N) is 1. The quantitative estimate of drug-likeness (QED) is 0.875. The van der Waals surface area contributed by atoms with E-state index in [2.05, 4.69) is 17.6 Å². The van der Waals surface area contributed by atoms with E-state index >= 15 is 0 Å². The van der Waals surface area contributed by atoms with E-state index in [1.54, 1.807) is 0 Å². The number of unbranched alkanes of at least 4 members (excludes halogenated alkanes) is 1. The molecule has 2 N–H and O–H groups in total. The molecule has 0 saturated carbocycles. The topological polar surface area (TPSA) is 53.1 Å². The minimum Gasteiger partial charge on any atom is -0.491 e. The molecule has 4 nitrogen and oxygen atoms in total. The number of rotatable bonds is 6. The van der Waals surface area contributed by atoms with E-state index in [4.69, 9.17) is 15.5 Å². The molecular weight excluding hydrogens is 250 g/mol. The molecule has 0 aliphatic rings. The number of hydrogen-bond acceptors (Lipinski definition) is 3. The maximum Gasteiger partial charge on any atom is 0.126 e. The second-order valence-electron chi connectivity index (χ2n) is 5.58. The summed E-state index contributed by atoms with van der Waals surface area (Å²) in [6.45, 7) is 9.19. The largest absolute Gasteiger partial charge is 0.491 e. The molecule has 0 saturated heterocycles. The first-order valence-electron chi connectivity index (χ1n) is 7.45. The van der Waals surface area contributed by atoms with Crippen molar-refractivity contribution in [1.82, 2.24) is 9.55 Å². The molecule has 0 bridgehead atoms. The van der Waals surface area contributed by atoms with Crippen LogP contribution in [0.15, 0.2) is 18.2 Å². The lowest BCUT2D eigenvalue weighted by Gasteiger charge is -2.11. The average molecular weight is 275 g/mol. The van der Waals surface area contributed by atoms with Gasteiger partial charge in [-0.05, 0) is 39.3 Å². The molecule has 0 fully saturated rings. The highest BCUT2D eigenvalue weighted by atomic mass is 16.5. The third kappa shape index (κ3) is 3.12. The maximum atomic E-state index is 6.05. The summed E-state index contributed by atoms with van der Waals surface area (Å²) in [5, 5.41) is 0. The van der Waals surface area contributed by atoms with Crippen LogP contribution in [0.2, 0.25) is 0 Å². The lowest BCUT2D eigenvalue weighted by atomic mass is 10.2. The Bertz CT molecular complexity index is 572. The highest BCUT2D eigenvalue weighted by Gasteiger charge is 2.14. The fraction of sp³-hybridized carbons (Fsp3) is 0.562. The Morgan fingerprint density at radius 2 is 2.05 bits per heavy atom. The van der Waals surface area contributed by atoms with Crippen molar-refractivity contribution in [3.05, 3.63) is 24.0 Å². The zero-order valence-corrected chi connectivity index (χ0v) is 12.9. The number of hydrogen-bond donors (Lipinski definition) is 1. The first-order chi connectivity index (χ1) is 9.52. The number of nitrogens with zero attached hydrogens (tertiary/aromatic N) is 2. The van der Waals surface area contributed by atoms with Gasteiger partial charge in [-0.2, -0.15) is 0 Å². The lowest BCUT2D eigenvalue weighted by Crippen LogP contribution is -2.13. The summed E-state index contributed by atoms with van der Waals surface area (Å²) in [4.78, 5) is 4.69. The van der Waals surface area contributed by atoms with Crippen molar-refractivity contribution in [3.63, 3.8) is 0 Å². The van der Waals surface area contributed by atoms with Gasteiger partial charge < -0.3 is 15.0 Å². The van der Waals surface area contributed by atoms with Crippen molar-refractivity contribution in [2.24, 2.45) is 5.73 Å². The summed E-state index contributed by atoms with van der Waals surface area (Å²) < 4.78 is 7.97. The third-order valence-corrected chi connectivity index (χ3v) is 3.26. The van der Waals surface area contributed by atoms with E-state index in [9.17, 15) is 0 Å². The molecule has 1 aromatic heterocycles. The van der Waals surface area contributed by atoms with Crippen LogP contribution in [0.5, 0.6) is 5.75 Å². The highest BCUT2D eigenvalue weighted by molar-refractivity contribution is 5.78. The Hall–Kier alpha value is -1.55. The minimum atomic E-state index is -0.0614. The Morgan fingerprint density at radius 3 is 2.65 bits per heavy atom. The zero-order valence-electron chi connectivity index (χ0n) is 12.9. The average Bonchev–Trinajstić information content (AvgIpc) is 2.73. The summed E-state index contributed by atoms with van der Waals surface area (Å²) in [7, 11) is 0. The van der Waals surface area contributed by atoms with Gasteiger partial charge in [0.05, 0.1) is 23.2 Å². The van der Waals surface area contributed by atoms with Crippen LogP contribution in [0.1, 0.15) is 52.4 Å². The summed E-state index contributed by atoms with van der Waals surface area (Å²) in [6.07, 6.45) is 2.46. The predicted octanol–water partition coefficient (Wildman–Crippen LogP) is 3.64. The van der Waals surface area contributed by atoms with E-state index in [1.165, 1.54) is 0 Å². The lowest BCUT2D eigenvalue weighted by molar-refractivity contribution is 0.242. The number of benzene rings is 1. The van der Waals surface area contributed by atoms with Crippen LogP contribution in [0, 0.1) is 0 Å². The second-order valence-corrected chi connectivity index (χ2v) is 5.58. The van der Waals surface area contributed by atoms with Crippen LogP contribution in [-0.4, -0.2) is 15.7 Å². The molecule has 0 amide bonds. The number of imidazole rings is 1. The van der Waals surface area contributed by atoms with Gasteiger partial charge in [0.1, 0.15) is 11.6 Å². The van der Waals surface area contributed by atoms with Gasteiger partial charge in [-0.1, -0.05) is 13.3 Å². The van der Waals surface area contributed by atoms with Crippen LogP contribution >= 0.6 is 0 Å². The summed E-state index contributed by atoms with van der Waals surface area (Å²) >= 11 is 0. The predicted molar refractivity (Wildman–Crippen MR) is 83.0 cm³/mol. The van der Waals surface area contributed by atoms with Crippen LogP contribution < -0.4 is 10.5 Å². The molecule has 1 aromatic carbocycles. The van der Waals surface area contributed by atoms with Crippen molar-refractivity contribution in [3.8, 4) is 5.75 Å². The van der Waals surface area contributed by atoms with Crippen molar-refractivity contribution in [2.45, 2.75) is 59.2 Å². The Morgan fingerprint density at radius 1 is 1.30 bits per heavy atom. The maximum absolute atomic E-state index is 6.05. The normalized spacial score (nSPS) is 13.1. The molecule has 1 heterocycles. The zero-order chi connectivity index (χ0) is 14.7. The first kappa shape index (κ1) is 14.9. The van der Waals surface area contributed by atoms with Gasteiger partial charge in [-0.15, -0.1) is 0 Å². The van der Waals surface area contributed by atoms with Gasteiger partial charge in [0.2, 0.25) is 0 Å². The molecular formula is C16H25N3O. The summed E-state index contributed by atoms with van der Waals surface area (Å²) in [6, 6.07) is 6.04. The first-order valence-corrected chi connectivity index (χ1v) is 7.45. The van der Waals surface area contributed by atoms with Gasteiger partial charge in [-0.3, -0.25) is 0 Å². The Kier molecular flexibility index (Phi) is 4.65. The van der Waals surface area contributed by atoms with Crippen molar-refractivity contribution < 1.29 is 4.74 Å². The third-order valence-electron chi connectivity index (χ3n) is 3.26. The van der Waals surface area contributed by atoms with Gasteiger partial charge in [0, 0.05) is 12.6 Å². The molecule has 1 unspecified atom stereocenters. The van der Waals surface area contributed by atoms with E-state index in [0.717, 1.165) is 42.0 Å². The van der Waals surface area contributed by atoms with Gasteiger partial charge >= 0.3 is 0 Å². The smallest absolute Gasteiger partial charge is 0.126 e. The summed E-state index contributed by atoms with van der Waals surface area (Å²) in [5.41, 5.74) is 8.16. The second kappa shape index (κ2) is 6.27. The van der Waals surface area contributed by atoms with Gasteiger partial charge in [-0.25, -0.2) is 4.98 Å². The monoisotopic (exact) mass is 275 g/mol. The van der Waals surface area contributed by atoms with E-state index < -0.39 is 0 Å². The van der Waals surface area contributed by atoms with E-state index in [0.29, 0.717) is 0 Å². The number of aryl methyl sites for hydroxylation is 1. The molecule has 110 valence electrons. The van der Waals surface area contributed by atoms with Crippen molar-refractivity contribution in [2.75, 3.05) is 0 Å². The Balaban J connectivity index is 2.44. The minimum absolute atomic E-state index is 0.0614. The van der Waals surface area contributed by atoms with Crippen LogP contribution in [0.4, 0.5) is 0 Å². The molecule has 4 heteroatoms. The summed E-state index contributed by atoms with van der Waals surface area (Å²) in [5.74, 6) is 1.82. The van der Waals surface area contributed by atoms with Crippen molar-refractivity contribution in [1.29, 1.82) is 0 Å². The SMILES string of the molecule is CCCCn1c(C(C)N)nc2cc(OC(C)C)ccc21. The Labute approximate surface area is 120 Å². The van der Waals surface area contributed by atoms with Crippen molar-refractivity contribution >= 4 is 11.0 Å². The van der Waals surface area contributed by atoms with Gasteiger partial charge in [0.25, 0.3) is 0 Å². The van der Waals surface area contributed by atoms with Gasteiger partial charge in [0.15, 0.2) is 0 Å². The van der Waals surface area contributed by atoms with Crippen LogP contribution in [-0.2, 0) is 6.54 Å². The molecule has 0 radical (unpaired) electrons. The molecule has 0 aliphatic carbocycles. The van der Waals surface area contributed by atoms with E-state index in [1.807, 2.05) is 32.9 Å². The molecule has 20 heavy (non-hydrogen) atoms. The van der Waals surface area contributed by atoms with Crippen LogP contribution in [0.3, 0.4) is 0 Å².